The van der Waals surface area contributed by atoms with Crippen LogP contribution in [0.3, 0.4) is 0 Å². The normalized spacial score (nSPS) is 20.4. The zero-order chi connectivity index (χ0) is 8.10. The van der Waals surface area contributed by atoms with Gasteiger partial charge in [0.05, 0.1) is 19.0 Å². The Morgan fingerprint density at radius 3 is 3.09 bits per heavy atom. The van der Waals surface area contributed by atoms with E-state index in [-0.39, 0.29) is 6.10 Å². The molecule has 1 atom stereocenters. The van der Waals surface area contributed by atoms with Gasteiger partial charge in [0.2, 0.25) is 0 Å². The van der Waals surface area contributed by atoms with Gasteiger partial charge < -0.3 is 9.84 Å². The maximum Gasteiger partial charge on any atom is 0.0876 e. The van der Waals surface area contributed by atoms with Crippen molar-refractivity contribution in [2.75, 3.05) is 6.61 Å². The van der Waals surface area contributed by atoms with Gasteiger partial charge in [-0.25, -0.2) is 0 Å². The number of aliphatic hydroxyl groups is 1. The van der Waals surface area contributed by atoms with E-state index in [1.165, 1.54) is 5.57 Å². The molecule has 0 saturated carbocycles. The molecule has 0 aliphatic carbocycles. The lowest BCUT2D eigenvalue weighted by molar-refractivity contribution is 0.180. The molecule has 0 aromatic heterocycles. The Balaban J connectivity index is 2.19. The van der Waals surface area contributed by atoms with Gasteiger partial charge >= 0.3 is 0 Å². The van der Waals surface area contributed by atoms with Crippen LogP contribution in [0.25, 0.3) is 0 Å². The molecule has 1 rings (SSSR count). The van der Waals surface area contributed by atoms with Crippen molar-refractivity contribution < 1.29 is 9.84 Å². The smallest absolute Gasteiger partial charge is 0.0876 e. The molecule has 0 saturated heterocycles. The highest BCUT2D eigenvalue weighted by molar-refractivity contribution is 5.00. The van der Waals surface area contributed by atoms with Crippen LogP contribution < -0.4 is 0 Å². The van der Waals surface area contributed by atoms with Crippen LogP contribution in [0.1, 0.15) is 32.6 Å². The summed E-state index contributed by atoms with van der Waals surface area (Å²) >= 11 is 0. The zero-order valence-corrected chi connectivity index (χ0v) is 7.05. The monoisotopic (exact) mass is 156 g/mol. The molecule has 1 heterocycles. The van der Waals surface area contributed by atoms with Gasteiger partial charge in [0.1, 0.15) is 0 Å². The van der Waals surface area contributed by atoms with Crippen molar-refractivity contribution in [1.82, 2.24) is 0 Å². The highest BCUT2D eigenvalue weighted by atomic mass is 16.5. The molecule has 0 spiro atoms. The van der Waals surface area contributed by atoms with Crippen molar-refractivity contribution in [3.05, 3.63) is 11.8 Å². The molecule has 1 aliphatic heterocycles. The maximum atomic E-state index is 9.01. The Kier molecular flexibility index (Phi) is 3.43. The predicted molar refractivity (Wildman–Crippen MR) is 44.2 cm³/mol. The Labute approximate surface area is 67.9 Å². The molecule has 0 radical (unpaired) electrons. The fraction of sp³-hybridized carbons (Fsp3) is 0.778. The van der Waals surface area contributed by atoms with Gasteiger partial charge in [0, 0.05) is 0 Å². The minimum Gasteiger partial charge on any atom is -0.501 e. The molecule has 64 valence electrons. The van der Waals surface area contributed by atoms with E-state index in [4.69, 9.17) is 9.84 Å². The molecular weight excluding hydrogens is 140 g/mol. The fourth-order valence-corrected chi connectivity index (χ4v) is 1.20. The van der Waals surface area contributed by atoms with Crippen LogP contribution in [-0.2, 0) is 4.74 Å². The molecule has 0 fully saturated rings. The lowest BCUT2D eigenvalue weighted by Crippen LogP contribution is -2.03. The lowest BCUT2D eigenvalue weighted by atomic mass is 10.0. The molecule has 11 heavy (non-hydrogen) atoms. The molecule has 2 nitrogen and oxygen atoms in total. The van der Waals surface area contributed by atoms with Crippen LogP contribution in [-0.4, -0.2) is 17.8 Å². The summed E-state index contributed by atoms with van der Waals surface area (Å²) in [7, 11) is 0. The number of rotatable bonds is 3. The Bertz CT molecular complexity index is 138. The highest BCUT2D eigenvalue weighted by Gasteiger charge is 2.05. The number of allylic oxidation sites excluding steroid dienone is 1. The van der Waals surface area contributed by atoms with E-state index in [0.717, 1.165) is 32.3 Å². The third-order valence-corrected chi connectivity index (χ3v) is 1.89. The average Bonchev–Trinajstić information content (AvgIpc) is 2.03. The van der Waals surface area contributed by atoms with Crippen molar-refractivity contribution in [3.8, 4) is 0 Å². The predicted octanol–water partition coefficient (Wildman–Crippen LogP) is 1.84. The Morgan fingerprint density at radius 2 is 2.55 bits per heavy atom. The molecule has 0 aromatic rings. The first-order valence-electron chi connectivity index (χ1n) is 4.26. The molecular formula is C9H16O2. The first-order chi connectivity index (χ1) is 5.29. The molecule has 0 aromatic carbocycles. The first kappa shape index (κ1) is 8.60. The second-order valence-electron chi connectivity index (χ2n) is 3.14. The molecule has 1 unspecified atom stereocenters. The molecule has 0 amide bonds. The summed E-state index contributed by atoms with van der Waals surface area (Å²) in [6, 6.07) is 0. The number of hydrogen-bond acceptors (Lipinski definition) is 2. The summed E-state index contributed by atoms with van der Waals surface area (Å²) in [4.78, 5) is 0. The topological polar surface area (TPSA) is 29.5 Å². The summed E-state index contributed by atoms with van der Waals surface area (Å²) < 4.78 is 5.17. The lowest BCUT2D eigenvalue weighted by Gasteiger charge is -2.13. The fourth-order valence-electron chi connectivity index (χ4n) is 1.20. The Hall–Kier alpha value is -0.500. The third-order valence-electron chi connectivity index (χ3n) is 1.89. The van der Waals surface area contributed by atoms with Gasteiger partial charge in [0.25, 0.3) is 0 Å². The summed E-state index contributed by atoms with van der Waals surface area (Å²) in [6.45, 7) is 2.68. The van der Waals surface area contributed by atoms with E-state index in [1.807, 2.05) is 13.2 Å². The van der Waals surface area contributed by atoms with E-state index in [9.17, 15) is 0 Å². The van der Waals surface area contributed by atoms with Crippen LogP contribution in [0.15, 0.2) is 11.8 Å². The van der Waals surface area contributed by atoms with Crippen molar-refractivity contribution in [2.45, 2.75) is 38.7 Å². The molecule has 0 bridgehead atoms. The quantitative estimate of drug-likeness (QED) is 0.675. The largest absolute Gasteiger partial charge is 0.501 e. The summed E-state index contributed by atoms with van der Waals surface area (Å²) in [5.74, 6) is 0. The van der Waals surface area contributed by atoms with E-state index >= 15 is 0 Å². The van der Waals surface area contributed by atoms with Crippen molar-refractivity contribution in [3.63, 3.8) is 0 Å². The van der Waals surface area contributed by atoms with Crippen LogP contribution in [0.4, 0.5) is 0 Å². The minimum absolute atomic E-state index is 0.183. The molecule has 2 heteroatoms. The van der Waals surface area contributed by atoms with Gasteiger partial charge in [-0.3, -0.25) is 0 Å². The average molecular weight is 156 g/mol. The summed E-state index contributed by atoms with van der Waals surface area (Å²) in [6.07, 6.45) is 5.79. The van der Waals surface area contributed by atoms with Gasteiger partial charge in [-0.1, -0.05) is 0 Å². The van der Waals surface area contributed by atoms with E-state index in [1.54, 1.807) is 0 Å². The number of aliphatic hydroxyl groups excluding tert-OH is 1. The SMILES string of the molecule is CC(O)CCC1=COCCC1. The van der Waals surface area contributed by atoms with Gasteiger partial charge in [-0.2, -0.15) is 0 Å². The van der Waals surface area contributed by atoms with Crippen molar-refractivity contribution >= 4 is 0 Å². The van der Waals surface area contributed by atoms with Crippen LogP contribution in [0.5, 0.6) is 0 Å². The molecule has 1 N–H and O–H groups in total. The molecule has 1 aliphatic rings. The first-order valence-corrected chi connectivity index (χ1v) is 4.26. The van der Waals surface area contributed by atoms with Crippen LogP contribution >= 0.6 is 0 Å². The maximum absolute atomic E-state index is 9.01. The van der Waals surface area contributed by atoms with Gasteiger partial charge in [-0.15, -0.1) is 0 Å². The minimum atomic E-state index is -0.183. The van der Waals surface area contributed by atoms with Gasteiger partial charge in [-0.05, 0) is 38.2 Å². The van der Waals surface area contributed by atoms with E-state index in [0.29, 0.717) is 0 Å². The summed E-state index contributed by atoms with van der Waals surface area (Å²) in [5.41, 5.74) is 1.34. The second-order valence-corrected chi connectivity index (χ2v) is 3.14. The van der Waals surface area contributed by atoms with Crippen molar-refractivity contribution in [1.29, 1.82) is 0 Å². The summed E-state index contributed by atoms with van der Waals surface area (Å²) in [5, 5.41) is 9.01. The van der Waals surface area contributed by atoms with Crippen LogP contribution in [0, 0.1) is 0 Å². The van der Waals surface area contributed by atoms with E-state index in [2.05, 4.69) is 0 Å². The second kappa shape index (κ2) is 4.39. The third kappa shape index (κ3) is 3.42. The van der Waals surface area contributed by atoms with Crippen molar-refractivity contribution in [2.24, 2.45) is 0 Å². The number of ether oxygens (including phenoxy) is 1. The van der Waals surface area contributed by atoms with E-state index < -0.39 is 0 Å². The number of hydrogen-bond donors (Lipinski definition) is 1. The standard InChI is InChI=1S/C9H16O2/c1-8(10)4-5-9-3-2-6-11-7-9/h7-8,10H,2-6H2,1H3. The van der Waals surface area contributed by atoms with Gasteiger partial charge in [0.15, 0.2) is 0 Å². The van der Waals surface area contributed by atoms with Crippen LogP contribution in [0.2, 0.25) is 0 Å². The zero-order valence-electron chi connectivity index (χ0n) is 7.05. The Morgan fingerprint density at radius 1 is 1.73 bits per heavy atom. The highest BCUT2D eigenvalue weighted by Crippen LogP contribution is 2.17.